The second-order valence-electron chi connectivity index (χ2n) is 2.70. The van der Waals surface area contributed by atoms with E-state index in [1.54, 1.807) is 12.4 Å². The fourth-order valence-corrected chi connectivity index (χ4v) is 1.09. The van der Waals surface area contributed by atoms with Gasteiger partial charge in [-0.25, -0.2) is 0 Å². The number of hydrogen-bond acceptors (Lipinski definition) is 2. The molecule has 0 saturated heterocycles. The Balaban J connectivity index is 2.59. The average Bonchev–Trinajstić information content (AvgIpc) is 2.19. The van der Waals surface area contributed by atoms with Crippen LogP contribution in [0.1, 0.15) is 18.5 Å². The molecule has 4 heteroatoms. The number of hydrogen-bond donors (Lipinski definition) is 1. The number of halogens is 1. The predicted molar refractivity (Wildman–Crippen MR) is 51.5 cm³/mol. The Morgan fingerprint density at radius 2 is 2.23 bits per heavy atom. The fourth-order valence-electron chi connectivity index (χ4n) is 1.02. The third-order valence-corrected chi connectivity index (χ3v) is 1.95. The topological polar surface area (TPSA) is 42.0 Å². The normalized spacial score (nSPS) is 12.2. The van der Waals surface area contributed by atoms with Gasteiger partial charge in [0.25, 0.3) is 0 Å². The Morgan fingerprint density at radius 3 is 2.77 bits per heavy atom. The first-order valence-electron chi connectivity index (χ1n) is 3.99. The van der Waals surface area contributed by atoms with Gasteiger partial charge in [-0.15, -0.1) is 11.6 Å². The van der Waals surface area contributed by atoms with Crippen molar-refractivity contribution in [2.75, 3.05) is 5.88 Å². The van der Waals surface area contributed by atoms with Gasteiger partial charge in [0.1, 0.15) is 5.88 Å². The zero-order chi connectivity index (χ0) is 9.68. The summed E-state index contributed by atoms with van der Waals surface area (Å²) in [6.45, 7) is 1.90. The molecule has 70 valence electrons. The van der Waals surface area contributed by atoms with E-state index < -0.39 is 0 Å². The minimum atomic E-state index is -0.161. The zero-order valence-corrected chi connectivity index (χ0v) is 8.08. The Labute approximate surface area is 82.1 Å². The van der Waals surface area contributed by atoms with Crippen LogP contribution in [0.5, 0.6) is 0 Å². The summed E-state index contributed by atoms with van der Waals surface area (Å²) in [5, 5.41) is 2.75. The van der Waals surface area contributed by atoms with Gasteiger partial charge in [-0.1, -0.05) is 0 Å². The summed E-state index contributed by atoms with van der Waals surface area (Å²) in [6.07, 6.45) is 3.39. The van der Waals surface area contributed by atoms with Crippen LogP contribution in [0.25, 0.3) is 0 Å². The molecule has 1 rings (SSSR count). The molecule has 1 atom stereocenters. The molecule has 0 aromatic carbocycles. The van der Waals surface area contributed by atoms with E-state index in [0.29, 0.717) is 0 Å². The molecular formula is C9H11ClN2O. The third kappa shape index (κ3) is 3.03. The molecule has 1 heterocycles. The van der Waals surface area contributed by atoms with Crippen molar-refractivity contribution in [3.63, 3.8) is 0 Å². The van der Waals surface area contributed by atoms with E-state index in [1.807, 2.05) is 19.1 Å². The molecule has 0 spiro atoms. The lowest BCUT2D eigenvalue weighted by Crippen LogP contribution is -2.27. The number of aromatic nitrogens is 1. The Kier molecular flexibility index (Phi) is 3.71. The van der Waals surface area contributed by atoms with E-state index in [0.717, 1.165) is 5.56 Å². The van der Waals surface area contributed by atoms with Crippen LogP contribution < -0.4 is 5.32 Å². The van der Waals surface area contributed by atoms with Gasteiger partial charge in [-0.3, -0.25) is 9.78 Å². The molecule has 13 heavy (non-hydrogen) atoms. The number of carbonyl (C=O) groups is 1. The molecule has 1 aromatic rings. The number of nitrogens with one attached hydrogen (secondary N) is 1. The van der Waals surface area contributed by atoms with E-state index in [9.17, 15) is 4.79 Å². The number of carbonyl (C=O) groups excluding carboxylic acids is 1. The molecule has 0 aliphatic carbocycles. The van der Waals surface area contributed by atoms with Crippen molar-refractivity contribution in [1.82, 2.24) is 10.3 Å². The summed E-state index contributed by atoms with van der Waals surface area (Å²) in [5.41, 5.74) is 1.02. The number of alkyl halides is 1. The van der Waals surface area contributed by atoms with Gasteiger partial charge in [0.05, 0.1) is 6.04 Å². The molecule has 0 saturated carbocycles. The van der Waals surface area contributed by atoms with Gasteiger partial charge < -0.3 is 5.32 Å². The highest BCUT2D eigenvalue weighted by molar-refractivity contribution is 6.27. The SMILES string of the molecule is C[C@H](NC(=O)CCl)c1ccncc1. The molecule has 1 amide bonds. The van der Waals surface area contributed by atoms with E-state index in [4.69, 9.17) is 11.6 Å². The van der Waals surface area contributed by atoms with E-state index >= 15 is 0 Å². The summed E-state index contributed by atoms with van der Waals surface area (Å²) in [5.74, 6) is -0.166. The van der Waals surface area contributed by atoms with Gasteiger partial charge in [0, 0.05) is 12.4 Å². The van der Waals surface area contributed by atoms with Crippen LogP contribution in [0.15, 0.2) is 24.5 Å². The molecule has 3 nitrogen and oxygen atoms in total. The minimum Gasteiger partial charge on any atom is -0.349 e. The molecular weight excluding hydrogens is 188 g/mol. The molecule has 1 N–H and O–H groups in total. The van der Waals surface area contributed by atoms with Gasteiger partial charge >= 0.3 is 0 Å². The molecule has 1 aromatic heterocycles. The predicted octanol–water partition coefficient (Wildman–Crippen LogP) is 1.50. The van der Waals surface area contributed by atoms with Crippen molar-refractivity contribution < 1.29 is 4.79 Å². The smallest absolute Gasteiger partial charge is 0.235 e. The van der Waals surface area contributed by atoms with Crippen LogP contribution in [0, 0.1) is 0 Å². The quantitative estimate of drug-likeness (QED) is 0.748. The number of nitrogens with zero attached hydrogens (tertiary/aromatic N) is 1. The molecule has 0 unspecified atom stereocenters. The standard InChI is InChI=1S/C9H11ClN2O/c1-7(12-9(13)6-10)8-2-4-11-5-3-8/h2-5,7H,6H2,1H3,(H,12,13)/t7-/m0/s1. The average molecular weight is 199 g/mol. The molecule has 0 bridgehead atoms. The summed E-state index contributed by atoms with van der Waals surface area (Å²) < 4.78 is 0. The fraction of sp³-hybridized carbons (Fsp3) is 0.333. The van der Waals surface area contributed by atoms with Crippen LogP contribution >= 0.6 is 11.6 Å². The first-order chi connectivity index (χ1) is 6.24. The highest BCUT2D eigenvalue weighted by Crippen LogP contribution is 2.09. The second-order valence-corrected chi connectivity index (χ2v) is 2.97. The monoisotopic (exact) mass is 198 g/mol. The van der Waals surface area contributed by atoms with Crippen molar-refractivity contribution >= 4 is 17.5 Å². The van der Waals surface area contributed by atoms with E-state index in [-0.39, 0.29) is 17.8 Å². The summed E-state index contributed by atoms with van der Waals surface area (Å²) >= 11 is 5.36. The van der Waals surface area contributed by atoms with E-state index in [1.165, 1.54) is 0 Å². The first-order valence-corrected chi connectivity index (χ1v) is 4.52. The Morgan fingerprint density at radius 1 is 1.62 bits per heavy atom. The lowest BCUT2D eigenvalue weighted by Gasteiger charge is -2.12. The van der Waals surface area contributed by atoms with Crippen molar-refractivity contribution in [3.8, 4) is 0 Å². The molecule has 0 aliphatic rings. The van der Waals surface area contributed by atoms with Gasteiger partial charge in [-0.05, 0) is 24.6 Å². The first kappa shape index (κ1) is 9.99. The highest BCUT2D eigenvalue weighted by Gasteiger charge is 2.07. The van der Waals surface area contributed by atoms with Crippen LogP contribution in [0.3, 0.4) is 0 Å². The van der Waals surface area contributed by atoms with E-state index in [2.05, 4.69) is 10.3 Å². The van der Waals surface area contributed by atoms with Gasteiger partial charge in [0.2, 0.25) is 5.91 Å². The summed E-state index contributed by atoms with van der Waals surface area (Å²) in [4.78, 5) is 14.8. The van der Waals surface area contributed by atoms with Crippen molar-refractivity contribution in [2.24, 2.45) is 0 Å². The Bertz CT molecular complexity index is 276. The van der Waals surface area contributed by atoms with Crippen LogP contribution in [0.4, 0.5) is 0 Å². The largest absolute Gasteiger partial charge is 0.349 e. The Hall–Kier alpha value is -1.09. The van der Waals surface area contributed by atoms with Crippen LogP contribution in [-0.4, -0.2) is 16.8 Å². The van der Waals surface area contributed by atoms with Crippen LogP contribution in [-0.2, 0) is 4.79 Å². The van der Waals surface area contributed by atoms with Gasteiger partial charge in [-0.2, -0.15) is 0 Å². The maximum Gasteiger partial charge on any atom is 0.235 e. The lowest BCUT2D eigenvalue weighted by atomic mass is 10.1. The maximum absolute atomic E-state index is 10.9. The van der Waals surface area contributed by atoms with Crippen molar-refractivity contribution in [1.29, 1.82) is 0 Å². The lowest BCUT2D eigenvalue weighted by molar-refractivity contribution is -0.119. The number of amides is 1. The van der Waals surface area contributed by atoms with Crippen molar-refractivity contribution in [3.05, 3.63) is 30.1 Å². The third-order valence-electron chi connectivity index (χ3n) is 1.70. The molecule has 0 fully saturated rings. The van der Waals surface area contributed by atoms with Gasteiger partial charge in [0.15, 0.2) is 0 Å². The number of rotatable bonds is 3. The zero-order valence-electron chi connectivity index (χ0n) is 7.33. The minimum absolute atomic E-state index is 0.00454. The summed E-state index contributed by atoms with van der Waals surface area (Å²) in [6, 6.07) is 3.70. The maximum atomic E-state index is 10.9. The van der Waals surface area contributed by atoms with Crippen LogP contribution in [0.2, 0.25) is 0 Å². The second kappa shape index (κ2) is 4.82. The number of pyridine rings is 1. The molecule has 0 radical (unpaired) electrons. The molecule has 0 aliphatic heterocycles. The van der Waals surface area contributed by atoms with Crippen molar-refractivity contribution in [2.45, 2.75) is 13.0 Å². The summed E-state index contributed by atoms with van der Waals surface area (Å²) in [7, 11) is 0. The highest BCUT2D eigenvalue weighted by atomic mass is 35.5.